The summed E-state index contributed by atoms with van der Waals surface area (Å²) in [5, 5.41) is 7.50. The summed E-state index contributed by atoms with van der Waals surface area (Å²) >= 11 is 6.08. The zero-order valence-corrected chi connectivity index (χ0v) is 14.4. The molecular formula is C16H22ClN3O3. The minimum atomic E-state index is -0.821. The van der Waals surface area contributed by atoms with Crippen LogP contribution in [0.15, 0.2) is 6.08 Å². The van der Waals surface area contributed by atoms with E-state index >= 15 is 0 Å². The quantitative estimate of drug-likeness (QED) is 0.660. The topological polar surface area (TPSA) is 73.2 Å². The van der Waals surface area contributed by atoms with Gasteiger partial charge in [0.1, 0.15) is 5.15 Å². The lowest BCUT2D eigenvalue weighted by atomic mass is 10.2. The van der Waals surface area contributed by atoms with Crippen LogP contribution in [0.2, 0.25) is 5.15 Å². The summed E-state index contributed by atoms with van der Waals surface area (Å²) < 4.78 is 6.65. The number of aromatic nitrogens is 2. The molecule has 6 nitrogen and oxygen atoms in total. The van der Waals surface area contributed by atoms with Crippen molar-refractivity contribution in [3.8, 4) is 0 Å². The molecule has 0 bridgehead atoms. The number of nitrogens with zero attached hydrogens (tertiary/aromatic N) is 2. The van der Waals surface area contributed by atoms with Crippen molar-refractivity contribution in [1.82, 2.24) is 15.1 Å². The fraction of sp³-hybridized carbons (Fsp3) is 0.562. The first-order valence-corrected chi connectivity index (χ1v) is 8.14. The Kier molecular flexibility index (Phi) is 5.82. The molecular weight excluding hydrogens is 318 g/mol. The molecule has 1 aromatic heterocycles. The highest BCUT2D eigenvalue weighted by Gasteiger charge is 2.22. The van der Waals surface area contributed by atoms with E-state index in [9.17, 15) is 9.59 Å². The van der Waals surface area contributed by atoms with Crippen molar-refractivity contribution in [3.63, 3.8) is 0 Å². The van der Waals surface area contributed by atoms with Crippen LogP contribution < -0.4 is 5.32 Å². The van der Waals surface area contributed by atoms with Gasteiger partial charge in [-0.05, 0) is 32.8 Å². The fourth-order valence-electron chi connectivity index (χ4n) is 2.64. The third-order valence-corrected chi connectivity index (χ3v) is 4.39. The Morgan fingerprint density at radius 1 is 1.43 bits per heavy atom. The maximum Gasteiger partial charge on any atom is 0.331 e. The molecule has 0 spiro atoms. The van der Waals surface area contributed by atoms with E-state index in [4.69, 9.17) is 16.3 Å². The van der Waals surface area contributed by atoms with Gasteiger partial charge in [-0.1, -0.05) is 24.4 Å². The molecule has 1 fully saturated rings. The molecule has 0 aromatic carbocycles. The summed E-state index contributed by atoms with van der Waals surface area (Å²) in [7, 11) is 1.72. The summed E-state index contributed by atoms with van der Waals surface area (Å²) in [6, 6.07) is 0.205. The van der Waals surface area contributed by atoms with Gasteiger partial charge in [-0.2, -0.15) is 5.10 Å². The maximum absolute atomic E-state index is 12.0. The second-order valence-corrected chi connectivity index (χ2v) is 6.17. The lowest BCUT2D eigenvalue weighted by molar-refractivity contribution is -0.150. The van der Waals surface area contributed by atoms with Crippen molar-refractivity contribution >= 4 is 29.6 Å². The second kappa shape index (κ2) is 7.64. The van der Waals surface area contributed by atoms with Crippen molar-refractivity contribution in [1.29, 1.82) is 0 Å². The highest BCUT2D eigenvalue weighted by Crippen LogP contribution is 2.20. The molecule has 0 aliphatic heterocycles. The van der Waals surface area contributed by atoms with Gasteiger partial charge in [0.15, 0.2) is 6.10 Å². The number of halogens is 1. The molecule has 1 heterocycles. The van der Waals surface area contributed by atoms with E-state index in [1.54, 1.807) is 27.0 Å². The van der Waals surface area contributed by atoms with E-state index in [-0.39, 0.29) is 11.9 Å². The van der Waals surface area contributed by atoms with Crippen molar-refractivity contribution in [3.05, 3.63) is 22.5 Å². The van der Waals surface area contributed by atoms with Crippen molar-refractivity contribution < 1.29 is 14.3 Å². The van der Waals surface area contributed by atoms with Crippen LogP contribution in [-0.4, -0.2) is 33.8 Å². The number of esters is 1. The van der Waals surface area contributed by atoms with Crippen LogP contribution in [0.25, 0.3) is 6.08 Å². The molecule has 2 rings (SSSR count). The van der Waals surface area contributed by atoms with Crippen LogP contribution in [0.3, 0.4) is 0 Å². The van der Waals surface area contributed by atoms with Crippen LogP contribution in [0.1, 0.15) is 43.9 Å². The molecule has 7 heteroatoms. The van der Waals surface area contributed by atoms with Crippen LogP contribution in [-0.2, 0) is 21.4 Å². The molecule has 1 aromatic rings. The van der Waals surface area contributed by atoms with E-state index in [2.05, 4.69) is 10.4 Å². The first-order chi connectivity index (χ1) is 10.9. The van der Waals surface area contributed by atoms with Gasteiger partial charge in [0, 0.05) is 24.7 Å². The molecule has 1 aliphatic rings. The third kappa shape index (κ3) is 4.58. The Morgan fingerprint density at radius 3 is 2.65 bits per heavy atom. The fourth-order valence-corrected chi connectivity index (χ4v) is 2.88. The van der Waals surface area contributed by atoms with Gasteiger partial charge in [0.2, 0.25) is 0 Å². The normalized spacial score (nSPS) is 16.7. The monoisotopic (exact) mass is 339 g/mol. The summed E-state index contributed by atoms with van der Waals surface area (Å²) in [5.41, 5.74) is 1.38. The molecule has 0 saturated heterocycles. The SMILES string of the molecule is Cc1nn(C)c(Cl)c1/C=C/C(=O)O[C@@H](C)C(=O)NC1CCCC1. The van der Waals surface area contributed by atoms with Gasteiger partial charge in [0.05, 0.1) is 5.69 Å². The molecule has 1 saturated carbocycles. The lowest BCUT2D eigenvalue weighted by Crippen LogP contribution is -2.40. The Balaban J connectivity index is 1.88. The van der Waals surface area contributed by atoms with Gasteiger partial charge in [-0.3, -0.25) is 9.48 Å². The number of carbonyl (C=O) groups excluding carboxylic acids is 2. The van der Waals surface area contributed by atoms with Gasteiger partial charge in [0.25, 0.3) is 5.91 Å². The number of hydrogen-bond acceptors (Lipinski definition) is 4. The lowest BCUT2D eigenvalue weighted by Gasteiger charge is -2.16. The van der Waals surface area contributed by atoms with Crippen molar-refractivity contribution in [2.24, 2.45) is 7.05 Å². The van der Waals surface area contributed by atoms with E-state index in [0.717, 1.165) is 25.7 Å². The zero-order chi connectivity index (χ0) is 17.0. The second-order valence-electron chi connectivity index (χ2n) is 5.82. The molecule has 126 valence electrons. The maximum atomic E-state index is 12.0. The molecule has 1 amide bonds. The average molecular weight is 340 g/mol. The zero-order valence-electron chi connectivity index (χ0n) is 13.6. The van der Waals surface area contributed by atoms with Crippen molar-refractivity contribution in [2.45, 2.75) is 51.7 Å². The number of carbonyl (C=O) groups is 2. The predicted molar refractivity (Wildman–Crippen MR) is 87.9 cm³/mol. The molecule has 0 radical (unpaired) electrons. The van der Waals surface area contributed by atoms with Crippen molar-refractivity contribution in [2.75, 3.05) is 0 Å². The minimum Gasteiger partial charge on any atom is -0.449 e. The largest absolute Gasteiger partial charge is 0.449 e. The first-order valence-electron chi connectivity index (χ1n) is 7.76. The molecule has 1 atom stereocenters. The van der Waals surface area contributed by atoms with Crippen LogP contribution in [0.4, 0.5) is 0 Å². The Hall–Kier alpha value is -1.82. The van der Waals surface area contributed by atoms with E-state index in [1.807, 2.05) is 0 Å². The van der Waals surface area contributed by atoms with E-state index in [1.165, 1.54) is 10.8 Å². The standard InChI is InChI=1S/C16H22ClN3O3/c1-10-13(15(17)20(3)19-10)8-9-14(21)23-11(2)16(22)18-12-6-4-5-7-12/h8-9,11-12H,4-7H2,1-3H3,(H,18,22)/b9-8+/t11-/m0/s1. The Morgan fingerprint density at radius 2 is 2.09 bits per heavy atom. The molecule has 23 heavy (non-hydrogen) atoms. The number of aryl methyl sites for hydroxylation is 2. The highest BCUT2D eigenvalue weighted by molar-refractivity contribution is 6.31. The van der Waals surface area contributed by atoms with E-state index in [0.29, 0.717) is 16.4 Å². The number of ether oxygens (including phenoxy) is 1. The minimum absolute atomic E-state index is 0.205. The van der Waals surface area contributed by atoms with Gasteiger partial charge >= 0.3 is 5.97 Å². The Bertz CT molecular complexity index is 618. The number of rotatable bonds is 5. The molecule has 1 N–H and O–H groups in total. The summed E-state index contributed by atoms with van der Waals surface area (Å²) in [6.45, 7) is 3.37. The predicted octanol–water partition coefficient (Wildman–Crippen LogP) is 2.39. The van der Waals surface area contributed by atoms with Gasteiger partial charge in [-0.25, -0.2) is 4.79 Å². The average Bonchev–Trinajstić information content (AvgIpc) is 3.07. The number of amides is 1. The summed E-state index contributed by atoms with van der Waals surface area (Å²) in [4.78, 5) is 23.8. The van der Waals surface area contributed by atoms with E-state index < -0.39 is 12.1 Å². The van der Waals surface area contributed by atoms with Crippen LogP contribution in [0.5, 0.6) is 0 Å². The third-order valence-electron chi connectivity index (χ3n) is 3.95. The van der Waals surface area contributed by atoms with Gasteiger partial charge < -0.3 is 10.1 Å². The van der Waals surface area contributed by atoms with Crippen LogP contribution >= 0.6 is 11.6 Å². The highest BCUT2D eigenvalue weighted by atomic mass is 35.5. The molecule has 0 unspecified atom stereocenters. The first kappa shape index (κ1) is 17.5. The summed E-state index contributed by atoms with van der Waals surface area (Å²) in [6.07, 6.45) is 6.23. The van der Waals surface area contributed by atoms with Crippen LogP contribution in [0, 0.1) is 6.92 Å². The number of hydrogen-bond donors (Lipinski definition) is 1. The summed E-state index contributed by atoms with van der Waals surface area (Å²) in [5.74, 6) is -0.840. The number of nitrogens with one attached hydrogen (secondary N) is 1. The Labute approximate surface area is 140 Å². The smallest absolute Gasteiger partial charge is 0.331 e. The van der Waals surface area contributed by atoms with Gasteiger partial charge in [-0.15, -0.1) is 0 Å². The molecule has 1 aliphatic carbocycles.